The predicted molar refractivity (Wildman–Crippen MR) is 178 cm³/mol. The second kappa shape index (κ2) is 14.5. The van der Waals surface area contributed by atoms with E-state index in [1.54, 1.807) is 0 Å². The first kappa shape index (κ1) is 31.7. The van der Waals surface area contributed by atoms with Crippen LogP contribution in [0.5, 0.6) is 0 Å². The van der Waals surface area contributed by atoms with Gasteiger partial charge in [-0.2, -0.15) is 0 Å². The number of nitrogens with zero attached hydrogens (tertiary/aromatic N) is 1. The van der Waals surface area contributed by atoms with Crippen molar-refractivity contribution in [3.63, 3.8) is 0 Å². The van der Waals surface area contributed by atoms with Crippen molar-refractivity contribution < 1.29 is 28.8 Å². The van der Waals surface area contributed by atoms with Gasteiger partial charge in [-0.3, -0.25) is 4.79 Å². The Hall–Kier alpha value is -3.89. The van der Waals surface area contributed by atoms with Crippen molar-refractivity contribution in [3.8, 4) is 11.1 Å². The summed E-state index contributed by atoms with van der Waals surface area (Å²) in [6, 6.07) is 33.9. The van der Waals surface area contributed by atoms with Gasteiger partial charge in [-0.05, 0) is 46.0 Å². The van der Waals surface area contributed by atoms with Crippen molar-refractivity contribution >= 4 is 5.91 Å². The Morgan fingerprint density at radius 1 is 0.787 bits per heavy atom. The zero-order valence-corrected chi connectivity index (χ0v) is 26.6. The molecule has 4 aromatic rings. The highest BCUT2D eigenvalue weighted by Crippen LogP contribution is 2.39. The molecule has 3 fully saturated rings. The number of nitrogens with one attached hydrogen (secondary N) is 1. The minimum atomic E-state index is -0.512. The van der Waals surface area contributed by atoms with Gasteiger partial charge in [0.15, 0.2) is 12.1 Å². The van der Waals surface area contributed by atoms with Gasteiger partial charge in [0.2, 0.25) is 0 Å². The molecule has 3 heterocycles. The molecule has 47 heavy (non-hydrogen) atoms. The summed E-state index contributed by atoms with van der Waals surface area (Å²) in [6.45, 7) is 4.45. The minimum absolute atomic E-state index is 0.0155. The molecule has 0 bridgehead atoms. The van der Waals surface area contributed by atoms with Crippen LogP contribution in [-0.2, 0) is 32.1 Å². The highest BCUT2D eigenvalue weighted by atomic mass is 16.7. The second-order valence-corrected chi connectivity index (χ2v) is 12.6. The van der Waals surface area contributed by atoms with Gasteiger partial charge in [-0.15, -0.1) is 0 Å². The Morgan fingerprint density at radius 3 is 2.23 bits per heavy atom. The van der Waals surface area contributed by atoms with Gasteiger partial charge in [-0.1, -0.05) is 84.9 Å². The largest absolute Gasteiger partial charge is 0.392 e. The van der Waals surface area contributed by atoms with Crippen LogP contribution in [0.2, 0.25) is 0 Å². The number of amides is 1. The van der Waals surface area contributed by atoms with Crippen LogP contribution in [0, 0.1) is 0 Å². The molecule has 2 N–H and O–H groups in total. The summed E-state index contributed by atoms with van der Waals surface area (Å²) in [4.78, 5) is 15.0. The van der Waals surface area contributed by atoms with E-state index in [9.17, 15) is 9.90 Å². The predicted octanol–water partition coefficient (Wildman–Crippen LogP) is 6.16. The Morgan fingerprint density at radius 2 is 1.51 bits per heavy atom. The first-order valence-electron chi connectivity index (χ1n) is 16.6. The smallest absolute Gasteiger partial charge is 0.251 e. The molecule has 3 unspecified atom stereocenters. The molecule has 0 saturated carbocycles. The normalized spacial score (nSPS) is 22.7. The third-order valence-electron chi connectivity index (χ3n) is 9.44. The number of aliphatic hydroxyl groups is 1. The van der Waals surface area contributed by atoms with E-state index in [1.165, 1.54) is 0 Å². The molecule has 3 saturated heterocycles. The number of likely N-dealkylation sites (tertiary alicyclic amines) is 1. The number of aliphatic hydroxyl groups excluding tert-OH is 1. The molecule has 1 spiro atoms. The molecule has 244 valence electrons. The third kappa shape index (κ3) is 7.65. The zero-order chi connectivity index (χ0) is 32.1. The molecule has 1 amide bonds. The summed E-state index contributed by atoms with van der Waals surface area (Å²) in [7, 11) is 0. The van der Waals surface area contributed by atoms with Crippen LogP contribution in [0.1, 0.15) is 64.3 Å². The Kier molecular flexibility index (Phi) is 9.76. The molecule has 0 radical (unpaired) electrons. The van der Waals surface area contributed by atoms with Gasteiger partial charge in [0.25, 0.3) is 5.91 Å². The summed E-state index contributed by atoms with van der Waals surface area (Å²) in [5.41, 5.74) is 6.76. The monoisotopic (exact) mass is 634 g/mol. The zero-order valence-electron chi connectivity index (χ0n) is 26.6. The minimum Gasteiger partial charge on any atom is -0.392 e. The lowest BCUT2D eigenvalue weighted by atomic mass is 9.98. The molecule has 0 aromatic heterocycles. The highest BCUT2D eigenvalue weighted by Gasteiger charge is 2.41. The van der Waals surface area contributed by atoms with Crippen molar-refractivity contribution in [2.45, 2.75) is 56.7 Å². The van der Waals surface area contributed by atoms with Crippen LogP contribution >= 0.6 is 0 Å². The fourth-order valence-corrected chi connectivity index (χ4v) is 6.75. The molecule has 4 aromatic carbocycles. The molecule has 7 rings (SSSR count). The number of carbonyl (C=O) groups is 1. The van der Waals surface area contributed by atoms with Crippen molar-refractivity contribution in [2.75, 3.05) is 32.8 Å². The maximum Gasteiger partial charge on any atom is 0.251 e. The number of carbonyl (C=O) groups excluding carboxylic acids is 1. The van der Waals surface area contributed by atoms with Crippen LogP contribution in [0.4, 0.5) is 0 Å². The number of piperidine rings is 1. The van der Waals surface area contributed by atoms with Crippen LogP contribution < -0.4 is 5.32 Å². The van der Waals surface area contributed by atoms with E-state index in [0.29, 0.717) is 25.3 Å². The third-order valence-corrected chi connectivity index (χ3v) is 9.44. The maximum atomic E-state index is 12.5. The van der Waals surface area contributed by atoms with E-state index < -0.39 is 12.1 Å². The Balaban J connectivity index is 1.03. The summed E-state index contributed by atoms with van der Waals surface area (Å²) in [6.07, 6.45) is 1.82. The second-order valence-electron chi connectivity index (χ2n) is 12.6. The molecule has 8 nitrogen and oxygen atoms in total. The molecule has 3 aliphatic rings. The van der Waals surface area contributed by atoms with Gasteiger partial charge in [0.05, 0.1) is 32.0 Å². The van der Waals surface area contributed by atoms with Crippen LogP contribution in [0.25, 0.3) is 11.1 Å². The van der Waals surface area contributed by atoms with E-state index in [1.807, 2.05) is 66.7 Å². The van der Waals surface area contributed by atoms with Gasteiger partial charge in [-0.25, -0.2) is 0 Å². The topological polar surface area (TPSA) is 89.5 Å². The van der Waals surface area contributed by atoms with Crippen LogP contribution in [0.3, 0.4) is 0 Å². The van der Waals surface area contributed by atoms with Crippen molar-refractivity contribution in [1.82, 2.24) is 10.2 Å². The summed E-state index contributed by atoms with van der Waals surface area (Å²) < 4.78 is 25.1. The first-order chi connectivity index (χ1) is 23.1. The lowest BCUT2D eigenvalue weighted by Crippen LogP contribution is -2.48. The Labute approximate surface area is 276 Å². The van der Waals surface area contributed by atoms with Gasteiger partial charge < -0.3 is 34.3 Å². The Bertz CT molecular complexity index is 1610. The fourth-order valence-electron chi connectivity index (χ4n) is 6.75. The summed E-state index contributed by atoms with van der Waals surface area (Å²) in [5, 5.41) is 12.6. The molecule has 3 aliphatic heterocycles. The molecular weight excluding hydrogens is 592 g/mol. The molecule has 8 heteroatoms. The number of hydrogen-bond donors (Lipinski definition) is 2. The fraction of sp³-hybridized carbons (Fsp3) is 0.359. The quantitative estimate of drug-likeness (QED) is 0.228. The maximum absolute atomic E-state index is 12.5. The standard InChI is InChI=1S/C39H42N2O6/c42-27-28-9-11-31(12-10-28)36-24-35(26-41-19-17-39(18-20-41)44-21-22-45-39)46-38(47-36)33-15-13-30(14-16-33)34-8-4-5-29(23-34)25-40-37(43)32-6-2-1-3-7-32/h1-16,23,35-36,38,42H,17-22,24-27H2,(H,40,43). The van der Waals surface area contributed by atoms with Gasteiger partial charge in [0.1, 0.15) is 0 Å². The summed E-state index contributed by atoms with van der Waals surface area (Å²) >= 11 is 0. The van der Waals surface area contributed by atoms with Gasteiger partial charge >= 0.3 is 0 Å². The van der Waals surface area contributed by atoms with Gasteiger partial charge in [0, 0.05) is 56.6 Å². The molecular formula is C39H42N2O6. The van der Waals surface area contributed by atoms with Crippen molar-refractivity contribution in [2.24, 2.45) is 0 Å². The van der Waals surface area contributed by atoms with E-state index in [2.05, 4.69) is 46.6 Å². The van der Waals surface area contributed by atoms with E-state index >= 15 is 0 Å². The number of hydrogen-bond acceptors (Lipinski definition) is 7. The van der Waals surface area contributed by atoms with Crippen LogP contribution in [0.15, 0.2) is 103 Å². The lowest BCUT2D eigenvalue weighted by molar-refractivity contribution is -0.255. The number of ether oxygens (including phenoxy) is 4. The van der Waals surface area contributed by atoms with Crippen LogP contribution in [-0.4, -0.2) is 60.7 Å². The SMILES string of the molecule is O=C(NCc1cccc(-c2ccc(C3OC(CN4CCC5(CC4)OCCO5)CC(c4ccc(CO)cc4)O3)cc2)c1)c1ccccc1. The van der Waals surface area contributed by atoms with Crippen molar-refractivity contribution in [1.29, 1.82) is 0 Å². The average molecular weight is 635 g/mol. The summed E-state index contributed by atoms with van der Waals surface area (Å²) in [5.74, 6) is -0.487. The van der Waals surface area contributed by atoms with Crippen molar-refractivity contribution in [3.05, 3.63) is 131 Å². The van der Waals surface area contributed by atoms with E-state index in [4.69, 9.17) is 18.9 Å². The average Bonchev–Trinajstić information content (AvgIpc) is 3.60. The number of rotatable bonds is 9. The number of benzene rings is 4. The molecule has 0 aliphatic carbocycles. The lowest BCUT2D eigenvalue weighted by Gasteiger charge is -2.41. The van der Waals surface area contributed by atoms with E-state index in [-0.39, 0.29) is 24.7 Å². The highest BCUT2D eigenvalue weighted by molar-refractivity contribution is 5.94. The molecule has 3 atom stereocenters. The first-order valence-corrected chi connectivity index (χ1v) is 16.6. The van der Waals surface area contributed by atoms with E-state index in [0.717, 1.165) is 72.3 Å².